The zero-order valence-electron chi connectivity index (χ0n) is 25.0. The van der Waals surface area contributed by atoms with Crippen molar-refractivity contribution in [3.05, 3.63) is 81.2 Å². The number of carbonyl (C=O) groups excluding carboxylic acids is 2. The van der Waals surface area contributed by atoms with Crippen LogP contribution in [0.5, 0.6) is 5.75 Å². The van der Waals surface area contributed by atoms with Crippen molar-refractivity contribution in [1.82, 2.24) is 20.1 Å². The number of ether oxygens (including phenoxy) is 1. The number of fused-ring (bicyclic) bond motifs is 1. The molecule has 0 unspecified atom stereocenters. The Morgan fingerprint density at radius 2 is 1.79 bits per heavy atom. The molecule has 2 amide bonds. The molecule has 0 saturated heterocycles. The maximum Gasteiger partial charge on any atom is 0.271 e. The number of pyridine rings is 1. The molecule has 5 rings (SSSR count). The molecule has 1 saturated carbocycles. The summed E-state index contributed by atoms with van der Waals surface area (Å²) in [4.78, 5) is 34.9. The molecule has 0 bridgehead atoms. The Bertz CT molecular complexity index is 1670. The fourth-order valence-electron chi connectivity index (χ4n) is 5.82. The molecule has 7 nitrogen and oxygen atoms in total. The number of nitrogens with zero attached hydrogens (tertiary/aromatic N) is 3. The molecule has 226 valence electrons. The molecule has 2 aromatic heterocycles. The number of aryl methyl sites for hydroxylation is 1. The summed E-state index contributed by atoms with van der Waals surface area (Å²) < 4.78 is 21.0. The van der Waals surface area contributed by atoms with Crippen LogP contribution in [0.25, 0.3) is 21.2 Å². The van der Waals surface area contributed by atoms with E-state index in [9.17, 15) is 14.0 Å². The third kappa shape index (κ3) is 6.25. The van der Waals surface area contributed by atoms with Crippen LogP contribution in [0.4, 0.5) is 4.39 Å². The predicted molar refractivity (Wildman–Crippen MR) is 171 cm³/mol. The van der Waals surface area contributed by atoms with Gasteiger partial charge in [-0.3, -0.25) is 14.6 Å². The SMILES string of the molecule is CNC1CCC(N(Cc2cc(-c3ccnc(C(=O)N(C)C)c3)ccc2OC)C(=O)c2sc3c(F)ccc(C)c3c2Cl)CC1. The van der Waals surface area contributed by atoms with Gasteiger partial charge in [0.05, 0.1) is 16.8 Å². The van der Waals surface area contributed by atoms with Gasteiger partial charge in [-0.2, -0.15) is 0 Å². The van der Waals surface area contributed by atoms with Crippen molar-refractivity contribution in [2.24, 2.45) is 0 Å². The lowest BCUT2D eigenvalue weighted by Gasteiger charge is -2.37. The summed E-state index contributed by atoms with van der Waals surface area (Å²) in [6, 6.07) is 12.9. The first-order valence-corrected chi connectivity index (χ1v) is 15.5. The molecule has 43 heavy (non-hydrogen) atoms. The van der Waals surface area contributed by atoms with Crippen molar-refractivity contribution in [2.75, 3.05) is 28.3 Å². The summed E-state index contributed by atoms with van der Waals surface area (Å²) >= 11 is 7.92. The number of hydrogen-bond donors (Lipinski definition) is 1. The Morgan fingerprint density at radius 3 is 2.44 bits per heavy atom. The van der Waals surface area contributed by atoms with Crippen molar-refractivity contribution in [2.45, 2.75) is 51.2 Å². The zero-order chi connectivity index (χ0) is 30.8. The van der Waals surface area contributed by atoms with Crippen LogP contribution in [-0.4, -0.2) is 66.9 Å². The normalized spacial score (nSPS) is 16.7. The van der Waals surface area contributed by atoms with E-state index in [1.165, 1.54) is 11.0 Å². The Kier molecular flexibility index (Phi) is 9.34. The number of benzene rings is 2. The van der Waals surface area contributed by atoms with Gasteiger partial charge in [-0.05, 0) is 86.7 Å². The van der Waals surface area contributed by atoms with Gasteiger partial charge < -0.3 is 19.9 Å². The van der Waals surface area contributed by atoms with E-state index in [0.29, 0.717) is 37.5 Å². The summed E-state index contributed by atoms with van der Waals surface area (Å²) in [5, 5.41) is 4.25. The summed E-state index contributed by atoms with van der Waals surface area (Å²) in [5.74, 6) is -0.135. The highest BCUT2D eigenvalue weighted by atomic mass is 35.5. The van der Waals surface area contributed by atoms with E-state index < -0.39 is 0 Å². The van der Waals surface area contributed by atoms with Crippen molar-refractivity contribution in [3.8, 4) is 16.9 Å². The van der Waals surface area contributed by atoms with Gasteiger partial charge in [0.25, 0.3) is 11.8 Å². The average Bonchev–Trinajstić information content (AvgIpc) is 3.39. The average molecular weight is 623 g/mol. The lowest BCUT2D eigenvalue weighted by Crippen LogP contribution is -2.44. The number of hydrogen-bond acceptors (Lipinski definition) is 6. The van der Waals surface area contributed by atoms with Gasteiger partial charge in [0.15, 0.2) is 0 Å². The lowest BCUT2D eigenvalue weighted by atomic mass is 9.89. The standard InChI is InChI=1S/C33H36ClFN4O3S/c1-19-6-12-25(35)30-28(19)29(34)31(43-30)33(41)39(24-10-8-23(36-2)9-11-24)18-22-16-20(7-13-27(22)42-5)21-14-15-37-26(17-21)32(40)38(3)4/h6-7,12-17,23-24,36H,8-11,18H2,1-5H3. The van der Waals surface area contributed by atoms with Crippen LogP contribution in [0.3, 0.4) is 0 Å². The van der Waals surface area contributed by atoms with E-state index in [-0.39, 0.29) is 30.2 Å². The second-order valence-corrected chi connectivity index (χ2v) is 12.6. The predicted octanol–water partition coefficient (Wildman–Crippen LogP) is 6.95. The van der Waals surface area contributed by atoms with Gasteiger partial charge in [-0.25, -0.2) is 4.39 Å². The molecule has 1 N–H and O–H groups in total. The molecule has 1 aliphatic rings. The van der Waals surface area contributed by atoms with Gasteiger partial charge in [0.1, 0.15) is 22.1 Å². The molecule has 0 atom stereocenters. The number of methoxy groups -OCH3 is 1. The van der Waals surface area contributed by atoms with Crippen molar-refractivity contribution in [3.63, 3.8) is 0 Å². The Labute approximate surface area is 260 Å². The molecule has 1 aliphatic carbocycles. The monoisotopic (exact) mass is 622 g/mol. The lowest BCUT2D eigenvalue weighted by molar-refractivity contribution is 0.0604. The van der Waals surface area contributed by atoms with Gasteiger partial charge >= 0.3 is 0 Å². The smallest absolute Gasteiger partial charge is 0.271 e. The molecule has 4 aromatic rings. The largest absolute Gasteiger partial charge is 0.496 e. The molecule has 2 heterocycles. The first-order chi connectivity index (χ1) is 20.6. The number of rotatable bonds is 8. The van der Waals surface area contributed by atoms with E-state index >= 15 is 0 Å². The minimum atomic E-state index is -0.383. The van der Waals surface area contributed by atoms with Gasteiger partial charge in [0, 0.05) is 49.9 Å². The maximum atomic E-state index is 14.8. The first-order valence-electron chi connectivity index (χ1n) is 14.3. The molecule has 0 radical (unpaired) electrons. The van der Waals surface area contributed by atoms with Gasteiger partial charge in [-0.1, -0.05) is 23.7 Å². The first kappa shape index (κ1) is 30.9. The third-order valence-electron chi connectivity index (χ3n) is 8.28. The fraction of sp³-hybridized carbons (Fsp3) is 0.364. The molecule has 2 aromatic carbocycles. The van der Waals surface area contributed by atoms with Crippen molar-refractivity contribution < 1.29 is 18.7 Å². The third-order valence-corrected chi connectivity index (χ3v) is 9.96. The van der Waals surface area contributed by atoms with Crippen LogP contribution < -0.4 is 10.1 Å². The van der Waals surface area contributed by atoms with Crippen LogP contribution in [-0.2, 0) is 6.54 Å². The molecule has 10 heteroatoms. The maximum absolute atomic E-state index is 14.8. The Balaban J connectivity index is 1.55. The molecule has 1 fully saturated rings. The molecular formula is C33H36ClFN4O3S. The number of amides is 2. The number of thiophene rings is 1. The summed E-state index contributed by atoms with van der Waals surface area (Å²) in [6.45, 7) is 2.16. The van der Waals surface area contributed by atoms with E-state index in [1.807, 2.05) is 43.1 Å². The highest BCUT2D eigenvalue weighted by Crippen LogP contribution is 2.41. The second-order valence-electron chi connectivity index (χ2n) is 11.2. The Morgan fingerprint density at radius 1 is 1.07 bits per heavy atom. The van der Waals surface area contributed by atoms with E-state index in [1.54, 1.807) is 39.5 Å². The Hall–Kier alpha value is -3.53. The van der Waals surface area contributed by atoms with Crippen LogP contribution >= 0.6 is 22.9 Å². The fourth-order valence-corrected chi connectivity index (χ4v) is 7.45. The van der Waals surface area contributed by atoms with Crippen LogP contribution in [0.2, 0.25) is 5.02 Å². The quantitative estimate of drug-likeness (QED) is 0.230. The van der Waals surface area contributed by atoms with Crippen LogP contribution in [0.15, 0.2) is 48.7 Å². The number of carbonyl (C=O) groups is 2. The van der Waals surface area contributed by atoms with Crippen LogP contribution in [0, 0.1) is 12.7 Å². The van der Waals surface area contributed by atoms with Gasteiger partial charge in [-0.15, -0.1) is 11.3 Å². The number of nitrogens with one attached hydrogen (secondary N) is 1. The minimum absolute atomic E-state index is 0.0251. The topological polar surface area (TPSA) is 74.8 Å². The number of halogens is 2. The van der Waals surface area contributed by atoms with Gasteiger partial charge in [0.2, 0.25) is 0 Å². The van der Waals surface area contributed by atoms with E-state index in [4.69, 9.17) is 16.3 Å². The summed E-state index contributed by atoms with van der Waals surface area (Å²) in [7, 11) is 6.96. The summed E-state index contributed by atoms with van der Waals surface area (Å²) in [5.41, 5.74) is 3.70. The molecule has 0 spiro atoms. The van der Waals surface area contributed by atoms with E-state index in [0.717, 1.165) is 59.3 Å². The van der Waals surface area contributed by atoms with E-state index in [2.05, 4.69) is 10.3 Å². The summed E-state index contributed by atoms with van der Waals surface area (Å²) in [6.07, 6.45) is 5.16. The molecular weight excluding hydrogens is 587 g/mol. The minimum Gasteiger partial charge on any atom is -0.496 e. The zero-order valence-corrected chi connectivity index (χ0v) is 26.6. The highest BCUT2D eigenvalue weighted by molar-refractivity contribution is 7.21. The second kappa shape index (κ2) is 13.0. The van der Waals surface area contributed by atoms with Crippen molar-refractivity contribution >= 4 is 44.8 Å². The van der Waals surface area contributed by atoms with Crippen molar-refractivity contribution in [1.29, 1.82) is 0 Å². The van der Waals surface area contributed by atoms with Crippen LogP contribution in [0.1, 0.15) is 57.0 Å². The highest BCUT2D eigenvalue weighted by Gasteiger charge is 2.33. The molecule has 0 aliphatic heterocycles. The number of aromatic nitrogens is 1.